The second kappa shape index (κ2) is 8.76. The molecule has 0 radical (unpaired) electrons. The molecule has 0 aliphatic heterocycles. The summed E-state index contributed by atoms with van der Waals surface area (Å²) in [5.74, 6) is 1.77. The van der Waals surface area contributed by atoms with E-state index in [4.69, 9.17) is 14.7 Å². The van der Waals surface area contributed by atoms with Crippen LogP contribution in [0, 0.1) is 25.2 Å². The normalized spacial score (nSPS) is 10.6. The Bertz CT molecular complexity index is 1260. The maximum absolute atomic E-state index is 10.9. The molecule has 0 spiro atoms. The Labute approximate surface area is 181 Å². The molecule has 0 bridgehead atoms. The van der Waals surface area contributed by atoms with Crippen molar-refractivity contribution in [2.75, 3.05) is 0 Å². The molecule has 0 aliphatic rings. The first kappa shape index (κ1) is 20.2. The van der Waals surface area contributed by atoms with Crippen LogP contribution in [0.2, 0.25) is 0 Å². The zero-order valence-corrected chi connectivity index (χ0v) is 17.4. The van der Waals surface area contributed by atoms with Crippen molar-refractivity contribution in [2.45, 2.75) is 26.7 Å². The number of furan rings is 1. The Hall–Kier alpha value is -4.04. The lowest BCUT2D eigenvalue weighted by Crippen LogP contribution is -2.03. The highest BCUT2D eigenvalue weighted by atomic mass is 16.3. The summed E-state index contributed by atoms with van der Waals surface area (Å²) in [5.41, 5.74) is 7.13. The number of nitriles is 1. The van der Waals surface area contributed by atoms with Crippen LogP contribution in [0.3, 0.4) is 0 Å². The van der Waals surface area contributed by atoms with Gasteiger partial charge in [-0.3, -0.25) is 4.79 Å². The number of aryl methyl sites for hydroxylation is 2. The summed E-state index contributed by atoms with van der Waals surface area (Å²) in [6.07, 6.45) is 3.83. The van der Waals surface area contributed by atoms with Gasteiger partial charge in [0.15, 0.2) is 12.0 Å². The minimum Gasteiger partial charge on any atom is -0.453 e. The maximum atomic E-state index is 10.9. The topological polar surface area (TPSA) is 79.8 Å². The number of carbonyl (C=O) groups excluding carboxylic acids is 1. The molecule has 0 unspecified atom stereocenters. The van der Waals surface area contributed by atoms with E-state index in [9.17, 15) is 4.79 Å². The number of nitrogens with zero attached hydrogens (tertiary/aromatic N) is 3. The van der Waals surface area contributed by atoms with Gasteiger partial charge in [0.05, 0.1) is 11.6 Å². The Kier molecular flexibility index (Phi) is 5.72. The van der Waals surface area contributed by atoms with Crippen LogP contribution in [0.1, 0.15) is 49.9 Å². The fraction of sp³-hybridized carbons (Fsp3) is 0.154. The van der Waals surface area contributed by atoms with E-state index < -0.39 is 0 Å². The SMILES string of the molecule is Cc1cc(-c2ccc(C=O)o2)cc(C)c1Cc1ccnc(Cc2ccc(C#N)cc2)n1. The monoisotopic (exact) mass is 407 g/mol. The van der Waals surface area contributed by atoms with Crippen LogP contribution in [-0.2, 0) is 12.8 Å². The van der Waals surface area contributed by atoms with Gasteiger partial charge in [0.1, 0.15) is 11.6 Å². The largest absolute Gasteiger partial charge is 0.453 e. The van der Waals surface area contributed by atoms with Crippen LogP contribution in [0.15, 0.2) is 65.2 Å². The van der Waals surface area contributed by atoms with Gasteiger partial charge in [0, 0.05) is 30.3 Å². The van der Waals surface area contributed by atoms with E-state index in [0.717, 1.165) is 33.8 Å². The summed E-state index contributed by atoms with van der Waals surface area (Å²) in [6, 6.07) is 19.2. The van der Waals surface area contributed by atoms with Crippen molar-refractivity contribution >= 4 is 6.29 Å². The van der Waals surface area contributed by atoms with Crippen LogP contribution in [0.4, 0.5) is 0 Å². The molecule has 0 atom stereocenters. The number of aromatic nitrogens is 2. The minimum atomic E-state index is 0.324. The fourth-order valence-electron chi connectivity index (χ4n) is 3.67. The standard InChI is InChI=1S/C26H21N3O2/c1-17-11-21(25-8-7-23(16-30)31-25)12-18(2)24(17)14-22-9-10-28-26(29-22)13-19-3-5-20(15-27)6-4-19/h3-12,16H,13-14H2,1-2H3. The van der Waals surface area contributed by atoms with Crippen molar-refractivity contribution in [3.63, 3.8) is 0 Å². The number of hydrogen-bond donors (Lipinski definition) is 0. The minimum absolute atomic E-state index is 0.324. The third-order valence-corrected chi connectivity index (χ3v) is 5.29. The first-order chi connectivity index (χ1) is 15.1. The molecular formula is C26H21N3O2. The van der Waals surface area contributed by atoms with Gasteiger partial charge in [-0.25, -0.2) is 9.97 Å². The Morgan fingerprint density at radius 2 is 1.74 bits per heavy atom. The van der Waals surface area contributed by atoms with E-state index in [-0.39, 0.29) is 0 Å². The highest BCUT2D eigenvalue weighted by molar-refractivity contribution is 5.73. The molecule has 4 rings (SSSR count). The van der Waals surface area contributed by atoms with Gasteiger partial charge in [0.2, 0.25) is 0 Å². The van der Waals surface area contributed by atoms with Gasteiger partial charge in [-0.05, 0) is 78.6 Å². The van der Waals surface area contributed by atoms with Crippen molar-refractivity contribution in [3.8, 4) is 17.4 Å². The van der Waals surface area contributed by atoms with E-state index in [2.05, 4.69) is 37.0 Å². The molecule has 2 aromatic carbocycles. The van der Waals surface area contributed by atoms with Crippen LogP contribution in [0.5, 0.6) is 0 Å². The molecule has 0 amide bonds. The lowest BCUT2D eigenvalue weighted by Gasteiger charge is -2.12. The lowest BCUT2D eigenvalue weighted by atomic mass is 9.95. The van der Waals surface area contributed by atoms with Crippen LogP contribution in [-0.4, -0.2) is 16.3 Å². The predicted molar refractivity (Wildman–Crippen MR) is 118 cm³/mol. The second-order valence-electron chi connectivity index (χ2n) is 7.53. The number of aldehydes is 1. The summed E-state index contributed by atoms with van der Waals surface area (Å²) >= 11 is 0. The molecule has 2 aromatic heterocycles. The summed E-state index contributed by atoms with van der Waals surface area (Å²) < 4.78 is 5.57. The highest BCUT2D eigenvalue weighted by Gasteiger charge is 2.12. The molecule has 0 saturated carbocycles. The summed E-state index contributed by atoms with van der Waals surface area (Å²) in [4.78, 5) is 20.1. The maximum Gasteiger partial charge on any atom is 0.185 e. The van der Waals surface area contributed by atoms with Crippen molar-refractivity contribution in [1.29, 1.82) is 5.26 Å². The van der Waals surface area contributed by atoms with Crippen molar-refractivity contribution in [3.05, 3.63) is 106 Å². The van der Waals surface area contributed by atoms with Crippen LogP contribution >= 0.6 is 0 Å². The molecule has 0 saturated heterocycles. The van der Waals surface area contributed by atoms with Crippen LogP contribution in [0.25, 0.3) is 11.3 Å². The van der Waals surface area contributed by atoms with Crippen molar-refractivity contribution in [2.24, 2.45) is 0 Å². The van der Waals surface area contributed by atoms with E-state index in [1.807, 2.05) is 36.4 Å². The average molecular weight is 407 g/mol. The zero-order valence-electron chi connectivity index (χ0n) is 17.4. The number of rotatable bonds is 6. The van der Waals surface area contributed by atoms with Gasteiger partial charge >= 0.3 is 0 Å². The Morgan fingerprint density at radius 1 is 1.00 bits per heavy atom. The van der Waals surface area contributed by atoms with Gasteiger partial charge in [0.25, 0.3) is 0 Å². The molecule has 0 N–H and O–H groups in total. The third kappa shape index (κ3) is 4.59. The smallest absolute Gasteiger partial charge is 0.185 e. The molecule has 4 aromatic rings. The van der Waals surface area contributed by atoms with E-state index in [1.54, 1.807) is 12.3 Å². The molecule has 5 nitrogen and oxygen atoms in total. The Morgan fingerprint density at radius 3 is 2.39 bits per heavy atom. The molecule has 5 heteroatoms. The molecule has 0 aliphatic carbocycles. The first-order valence-electron chi connectivity index (χ1n) is 10.0. The number of hydrogen-bond acceptors (Lipinski definition) is 5. The number of benzene rings is 2. The predicted octanol–water partition coefficient (Wildman–Crippen LogP) is 5.22. The van der Waals surface area contributed by atoms with Crippen LogP contribution < -0.4 is 0 Å². The summed E-state index contributed by atoms with van der Waals surface area (Å²) in [6.45, 7) is 4.16. The van der Waals surface area contributed by atoms with Crippen molar-refractivity contribution in [1.82, 2.24) is 9.97 Å². The van der Waals surface area contributed by atoms with Gasteiger partial charge in [-0.1, -0.05) is 12.1 Å². The molecule has 2 heterocycles. The van der Waals surface area contributed by atoms with Gasteiger partial charge < -0.3 is 4.42 Å². The summed E-state index contributed by atoms with van der Waals surface area (Å²) in [5, 5.41) is 8.94. The van der Waals surface area contributed by atoms with E-state index in [0.29, 0.717) is 36.2 Å². The molecule has 31 heavy (non-hydrogen) atoms. The lowest BCUT2D eigenvalue weighted by molar-refractivity contribution is 0.110. The molecule has 0 fully saturated rings. The zero-order chi connectivity index (χ0) is 21.8. The average Bonchev–Trinajstić information content (AvgIpc) is 3.26. The van der Waals surface area contributed by atoms with Gasteiger partial charge in [-0.15, -0.1) is 0 Å². The van der Waals surface area contributed by atoms with E-state index >= 15 is 0 Å². The Balaban J connectivity index is 1.55. The first-order valence-corrected chi connectivity index (χ1v) is 10.0. The van der Waals surface area contributed by atoms with Crippen molar-refractivity contribution < 1.29 is 9.21 Å². The van der Waals surface area contributed by atoms with E-state index in [1.165, 1.54) is 5.56 Å². The second-order valence-corrected chi connectivity index (χ2v) is 7.53. The fourth-order valence-corrected chi connectivity index (χ4v) is 3.67. The quantitative estimate of drug-likeness (QED) is 0.409. The highest BCUT2D eigenvalue weighted by Crippen LogP contribution is 2.28. The number of carbonyl (C=O) groups is 1. The molecular weight excluding hydrogens is 386 g/mol. The van der Waals surface area contributed by atoms with Gasteiger partial charge in [-0.2, -0.15) is 5.26 Å². The molecule has 152 valence electrons. The third-order valence-electron chi connectivity index (χ3n) is 5.29. The summed E-state index contributed by atoms with van der Waals surface area (Å²) in [7, 11) is 0.